The Labute approximate surface area is 182 Å². The Morgan fingerprint density at radius 2 is 1.93 bits per heavy atom. The average Bonchev–Trinajstić information content (AvgIpc) is 3.12. The van der Waals surface area contributed by atoms with E-state index in [9.17, 15) is 18.0 Å². The molecular formula is C21H21Cl2F3N2O2. The summed E-state index contributed by atoms with van der Waals surface area (Å²) in [5, 5.41) is 12.5. The lowest BCUT2D eigenvalue weighted by Gasteiger charge is -2.24. The molecule has 2 aromatic rings. The number of hydrogen-bond acceptors (Lipinski definition) is 3. The molecule has 1 fully saturated rings. The first-order chi connectivity index (χ1) is 14.0. The predicted molar refractivity (Wildman–Crippen MR) is 111 cm³/mol. The second-order valence-corrected chi connectivity index (χ2v) is 8.31. The van der Waals surface area contributed by atoms with Crippen LogP contribution in [-0.4, -0.2) is 35.2 Å². The largest absolute Gasteiger partial charge is 0.481 e. The first-order valence-corrected chi connectivity index (χ1v) is 10.1. The zero-order valence-electron chi connectivity index (χ0n) is 16.1. The summed E-state index contributed by atoms with van der Waals surface area (Å²) < 4.78 is 41.3. The normalized spacial score (nSPS) is 18.4. The Balaban J connectivity index is 1.81. The van der Waals surface area contributed by atoms with Gasteiger partial charge in [-0.05, 0) is 60.8 Å². The van der Waals surface area contributed by atoms with Crippen molar-refractivity contribution >= 4 is 34.9 Å². The van der Waals surface area contributed by atoms with Gasteiger partial charge >= 0.3 is 12.1 Å². The molecule has 1 aliphatic heterocycles. The van der Waals surface area contributed by atoms with Crippen LogP contribution in [0.1, 0.15) is 29.2 Å². The van der Waals surface area contributed by atoms with Crippen LogP contribution in [0, 0.1) is 12.8 Å². The number of hydrogen-bond donors (Lipinski definition) is 2. The van der Waals surface area contributed by atoms with Gasteiger partial charge in [0.1, 0.15) is 6.04 Å². The zero-order chi connectivity index (χ0) is 22.1. The quantitative estimate of drug-likeness (QED) is 0.561. The van der Waals surface area contributed by atoms with Crippen molar-refractivity contribution in [2.24, 2.45) is 5.92 Å². The van der Waals surface area contributed by atoms with Gasteiger partial charge in [0, 0.05) is 28.8 Å². The molecule has 9 heteroatoms. The van der Waals surface area contributed by atoms with Gasteiger partial charge in [-0.3, -0.25) is 9.69 Å². The molecule has 162 valence electrons. The number of likely N-dealkylation sites (tertiary alicyclic amines) is 1. The van der Waals surface area contributed by atoms with Crippen LogP contribution in [0.2, 0.25) is 10.0 Å². The Bertz CT molecular complexity index is 937. The number of aryl methyl sites for hydroxylation is 1. The minimum atomic E-state index is -4.52. The molecule has 1 heterocycles. The maximum Gasteiger partial charge on any atom is 0.412 e. The Hall–Kier alpha value is -1.96. The van der Waals surface area contributed by atoms with E-state index in [-0.39, 0.29) is 11.3 Å². The van der Waals surface area contributed by atoms with E-state index in [1.54, 1.807) is 19.1 Å². The molecule has 2 atom stereocenters. The van der Waals surface area contributed by atoms with E-state index in [4.69, 9.17) is 28.3 Å². The number of halogens is 5. The van der Waals surface area contributed by atoms with E-state index >= 15 is 0 Å². The number of anilines is 1. The molecule has 1 saturated heterocycles. The molecular weight excluding hydrogens is 440 g/mol. The molecule has 0 saturated carbocycles. The van der Waals surface area contributed by atoms with Crippen molar-refractivity contribution in [2.45, 2.75) is 32.1 Å². The standard InChI is InChI=1S/C21H21Cl2F3N2O2/c1-12-8-13(2-4-17(12)22)19(21(24,25)26)27-16-3-5-18(23)15(9-16)11-28-7-6-14(10-28)20(29)30/h2-5,8-9,14,19,27H,6-7,10-11H2,1H3,(H,29,30). The molecule has 0 aliphatic carbocycles. The number of rotatable bonds is 6. The molecule has 2 unspecified atom stereocenters. The van der Waals surface area contributed by atoms with Gasteiger partial charge in [0.15, 0.2) is 0 Å². The molecule has 2 N–H and O–H groups in total. The fourth-order valence-electron chi connectivity index (χ4n) is 3.57. The van der Waals surface area contributed by atoms with Gasteiger partial charge in [-0.15, -0.1) is 0 Å². The highest BCUT2D eigenvalue weighted by Gasteiger charge is 2.41. The lowest BCUT2D eigenvalue weighted by atomic mass is 10.0. The summed E-state index contributed by atoms with van der Waals surface area (Å²) in [5.41, 5.74) is 1.54. The van der Waals surface area contributed by atoms with Gasteiger partial charge < -0.3 is 10.4 Å². The van der Waals surface area contributed by atoms with Crippen LogP contribution in [0.25, 0.3) is 0 Å². The van der Waals surface area contributed by atoms with Crippen LogP contribution in [0.4, 0.5) is 18.9 Å². The van der Waals surface area contributed by atoms with Crippen molar-refractivity contribution in [3.05, 3.63) is 63.1 Å². The van der Waals surface area contributed by atoms with Gasteiger partial charge in [-0.1, -0.05) is 35.3 Å². The minimum absolute atomic E-state index is 0.0599. The van der Waals surface area contributed by atoms with Crippen molar-refractivity contribution in [2.75, 3.05) is 18.4 Å². The number of nitrogens with one attached hydrogen (secondary N) is 1. The second-order valence-electron chi connectivity index (χ2n) is 7.49. The van der Waals surface area contributed by atoms with Crippen molar-refractivity contribution in [1.82, 2.24) is 4.90 Å². The van der Waals surface area contributed by atoms with Gasteiger partial charge in [-0.2, -0.15) is 13.2 Å². The lowest BCUT2D eigenvalue weighted by molar-refractivity contribution is -0.144. The van der Waals surface area contributed by atoms with E-state index in [1.165, 1.54) is 24.3 Å². The Morgan fingerprint density at radius 3 is 2.53 bits per heavy atom. The molecule has 0 spiro atoms. The number of carbonyl (C=O) groups is 1. The molecule has 2 aromatic carbocycles. The number of benzene rings is 2. The molecule has 30 heavy (non-hydrogen) atoms. The van der Waals surface area contributed by atoms with Crippen LogP contribution in [-0.2, 0) is 11.3 Å². The third kappa shape index (κ3) is 5.39. The van der Waals surface area contributed by atoms with Crippen molar-refractivity contribution < 1.29 is 23.1 Å². The zero-order valence-corrected chi connectivity index (χ0v) is 17.7. The van der Waals surface area contributed by atoms with Crippen LogP contribution in [0.3, 0.4) is 0 Å². The van der Waals surface area contributed by atoms with Gasteiger partial charge in [0.05, 0.1) is 5.92 Å². The fraction of sp³-hybridized carbons (Fsp3) is 0.381. The van der Waals surface area contributed by atoms with Crippen LogP contribution < -0.4 is 5.32 Å². The third-order valence-corrected chi connectivity index (χ3v) is 6.01. The van der Waals surface area contributed by atoms with Crippen molar-refractivity contribution in [3.63, 3.8) is 0 Å². The SMILES string of the molecule is Cc1cc(C(Nc2ccc(Cl)c(CN3CCC(C(=O)O)C3)c2)C(F)(F)F)ccc1Cl. The van der Waals surface area contributed by atoms with Crippen LogP contribution in [0.15, 0.2) is 36.4 Å². The maximum atomic E-state index is 13.8. The topological polar surface area (TPSA) is 52.6 Å². The number of alkyl halides is 3. The lowest BCUT2D eigenvalue weighted by Crippen LogP contribution is -2.28. The summed E-state index contributed by atoms with van der Waals surface area (Å²) in [6.45, 7) is 3.01. The summed E-state index contributed by atoms with van der Waals surface area (Å²) in [6, 6.07) is 6.94. The third-order valence-electron chi connectivity index (χ3n) is 5.21. The minimum Gasteiger partial charge on any atom is -0.481 e. The van der Waals surface area contributed by atoms with E-state index < -0.39 is 24.1 Å². The first kappa shape index (κ1) is 22.7. The van der Waals surface area contributed by atoms with E-state index in [0.717, 1.165) is 0 Å². The number of carboxylic acids is 1. The van der Waals surface area contributed by atoms with Crippen LogP contribution in [0.5, 0.6) is 0 Å². The molecule has 1 aliphatic rings. The number of aliphatic carboxylic acids is 1. The highest BCUT2D eigenvalue weighted by molar-refractivity contribution is 6.31. The Kier molecular flexibility index (Phi) is 6.84. The van der Waals surface area contributed by atoms with Gasteiger partial charge in [-0.25, -0.2) is 0 Å². The fourth-order valence-corrected chi connectivity index (χ4v) is 3.87. The summed E-state index contributed by atoms with van der Waals surface area (Å²) in [7, 11) is 0. The average molecular weight is 461 g/mol. The van der Waals surface area contributed by atoms with Gasteiger partial charge in [0.2, 0.25) is 0 Å². The summed E-state index contributed by atoms with van der Waals surface area (Å²) in [5.74, 6) is -1.28. The monoisotopic (exact) mass is 460 g/mol. The highest BCUT2D eigenvalue weighted by atomic mass is 35.5. The summed E-state index contributed by atoms with van der Waals surface area (Å²) in [6.07, 6.45) is -3.99. The highest BCUT2D eigenvalue weighted by Crippen LogP contribution is 2.37. The van der Waals surface area contributed by atoms with Crippen LogP contribution >= 0.6 is 23.2 Å². The Morgan fingerprint density at radius 1 is 1.23 bits per heavy atom. The first-order valence-electron chi connectivity index (χ1n) is 9.37. The summed E-state index contributed by atoms with van der Waals surface area (Å²) >= 11 is 12.2. The van der Waals surface area contributed by atoms with Crippen molar-refractivity contribution in [3.8, 4) is 0 Å². The molecule has 0 radical (unpaired) electrons. The van der Waals surface area contributed by atoms with Crippen molar-refractivity contribution in [1.29, 1.82) is 0 Å². The number of carboxylic acid groups (broad SMARTS) is 1. The molecule has 0 bridgehead atoms. The van der Waals surface area contributed by atoms with Gasteiger partial charge in [0.25, 0.3) is 0 Å². The number of nitrogens with zero attached hydrogens (tertiary/aromatic N) is 1. The maximum absolute atomic E-state index is 13.8. The summed E-state index contributed by atoms with van der Waals surface area (Å²) in [4.78, 5) is 13.1. The van der Waals surface area contributed by atoms with E-state index in [1.807, 2.05) is 4.90 Å². The molecule has 0 amide bonds. The molecule has 4 nitrogen and oxygen atoms in total. The smallest absolute Gasteiger partial charge is 0.412 e. The van der Waals surface area contributed by atoms with E-state index in [0.29, 0.717) is 47.2 Å². The predicted octanol–water partition coefficient (Wildman–Crippen LogP) is 5.92. The molecule has 3 rings (SSSR count). The van der Waals surface area contributed by atoms with E-state index in [2.05, 4.69) is 5.32 Å². The second kappa shape index (κ2) is 9.04. The molecule has 0 aromatic heterocycles.